The Labute approximate surface area is 179 Å². The number of hydrogen-bond donors (Lipinski definition) is 1. The Balaban J connectivity index is 1.45. The number of nitrogens with one attached hydrogen (secondary N) is 1. The summed E-state index contributed by atoms with van der Waals surface area (Å²) >= 11 is 0. The number of fused-ring (bicyclic) bond motifs is 2. The third-order valence-corrected chi connectivity index (χ3v) is 5.33. The summed E-state index contributed by atoms with van der Waals surface area (Å²) in [6.07, 6.45) is 6.91. The molecule has 0 unspecified atom stereocenters. The van der Waals surface area contributed by atoms with Crippen molar-refractivity contribution in [2.45, 2.75) is 6.54 Å². The van der Waals surface area contributed by atoms with E-state index >= 15 is 0 Å². The molecule has 2 heterocycles. The Kier molecular flexibility index (Phi) is 4.99. The second-order valence-electron chi connectivity index (χ2n) is 7.31. The van der Waals surface area contributed by atoms with Crippen molar-refractivity contribution in [1.29, 1.82) is 0 Å². The molecule has 0 atom stereocenters. The van der Waals surface area contributed by atoms with Crippen molar-refractivity contribution < 1.29 is 4.79 Å². The molecule has 5 rings (SSSR count). The van der Waals surface area contributed by atoms with E-state index in [0.29, 0.717) is 5.56 Å². The molecule has 1 N–H and O–H groups in total. The van der Waals surface area contributed by atoms with Gasteiger partial charge in [-0.3, -0.25) is 9.78 Å². The lowest BCUT2D eigenvalue weighted by Crippen LogP contribution is -2.17. The Hall–Kier alpha value is -4.25. The quantitative estimate of drug-likeness (QED) is 0.331. The van der Waals surface area contributed by atoms with Crippen LogP contribution in [0, 0.1) is 0 Å². The molecule has 5 aromatic rings. The molecule has 0 fully saturated rings. The number of nitrogens with zero attached hydrogens (tertiary/aromatic N) is 3. The number of hydrazone groups is 1. The van der Waals surface area contributed by atoms with Gasteiger partial charge in [-0.25, -0.2) is 5.43 Å². The lowest BCUT2D eigenvalue weighted by atomic mass is 10.0. The first-order valence-corrected chi connectivity index (χ1v) is 10.1. The van der Waals surface area contributed by atoms with Crippen molar-refractivity contribution in [1.82, 2.24) is 15.0 Å². The summed E-state index contributed by atoms with van der Waals surface area (Å²) in [5, 5.41) is 7.74. The molecule has 2 aromatic heterocycles. The van der Waals surface area contributed by atoms with Gasteiger partial charge in [-0.1, -0.05) is 60.7 Å². The van der Waals surface area contributed by atoms with Gasteiger partial charge in [-0.2, -0.15) is 5.10 Å². The minimum atomic E-state index is -0.288. The van der Waals surface area contributed by atoms with E-state index in [1.165, 1.54) is 22.5 Å². The molecule has 1 amide bonds. The Morgan fingerprint density at radius 3 is 2.61 bits per heavy atom. The van der Waals surface area contributed by atoms with Crippen LogP contribution in [0.5, 0.6) is 0 Å². The van der Waals surface area contributed by atoms with Gasteiger partial charge in [-0.15, -0.1) is 0 Å². The third kappa shape index (κ3) is 3.81. The van der Waals surface area contributed by atoms with Crippen molar-refractivity contribution in [3.05, 3.63) is 114 Å². The number of benzene rings is 3. The summed E-state index contributed by atoms with van der Waals surface area (Å²) in [4.78, 5) is 16.2. The van der Waals surface area contributed by atoms with Crippen LogP contribution in [-0.2, 0) is 6.54 Å². The van der Waals surface area contributed by atoms with Gasteiger partial charge in [0.1, 0.15) is 0 Å². The highest BCUT2D eigenvalue weighted by atomic mass is 16.2. The Bertz CT molecular complexity index is 1400. The highest BCUT2D eigenvalue weighted by Crippen LogP contribution is 2.24. The summed E-state index contributed by atoms with van der Waals surface area (Å²) in [7, 11) is 0. The number of para-hydroxylation sites is 1. The van der Waals surface area contributed by atoms with Gasteiger partial charge in [0.15, 0.2) is 0 Å². The topological polar surface area (TPSA) is 59.3 Å². The largest absolute Gasteiger partial charge is 0.342 e. The first-order valence-electron chi connectivity index (χ1n) is 10.1. The highest BCUT2D eigenvalue weighted by Gasteiger charge is 2.09. The van der Waals surface area contributed by atoms with Crippen molar-refractivity contribution in [2.24, 2.45) is 5.10 Å². The van der Waals surface area contributed by atoms with Crippen LogP contribution in [-0.4, -0.2) is 21.7 Å². The zero-order chi connectivity index (χ0) is 21.0. The van der Waals surface area contributed by atoms with Gasteiger partial charge < -0.3 is 4.57 Å². The molecule has 0 saturated carbocycles. The molecule has 0 aliphatic carbocycles. The predicted molar refractivity (Wildman–Crippen MR) is 124 cm³/mol. The minimum Gasteiger partial charge on any atom is -0.342 e. The minimum absolute atomic E-state index is 0.288. The molecule has 0 spiro atoms. The number of carbonyl (C=O) groups excluding carboxylic acids is 1. The van der Waals surface area contributed by atoms with Gasteiger partial charge in [0.05, 0.1) is 11.8 Å². The van der Waals surface area contributed by atoms with E-state index in [9.17, 15) is 4.79 Å². The first-order chi connectivity index (χ1) is 15.3. The van der Waals surface area contributed by atoms with Crippen LogP contribution in [0.3, 0.4) is 0 Å². The maximum atomic E-state index is 12.2. The average molecular weight is 404 g/mol. The van der Waals surface area contributed by atoms with Crippen LogP contribution in [0.4, 0.5) is 0 Å². The molecular formula is C26H20N4O. The van der Waals surface area contributed by atoms with Gasteiger partial charge in [-0.05, 0) is 34.5 Å². The van der Waals surface area contributed by atoms with Crippen LogP contribution >= 0.6 is 0 Å². The van der Waals surface area contributed by atoms with Crippen LogP contribution < -0.4 is 5.43 Å². The SMILES string of the molecule is O=C(N/N=C/c1cn(Cc2cccc3ccccc23)c2ccccc12)c1cccnc1. The summed E-state index contributed by atoms with van der Waals surface area (Å²) in [6, 6.07) is 26.5. The third-order valence-electron chi connectivity index (χ3n) is 5.33. The van der Waals surface area contributed by atoms with E-state index in [0.717, 1.165) is 23.0 Å². The Morgan fingerprint density at radius 1 is 0.935 bits per heavy atom. The fourth-order valence-electron chi connectivity index (χ4n) is 3.84. The standard InChI is InChI=1S/C26H20N4O/c31-26(20-10-6-14-27-15-20)29-28-16-22-18-30(25-13-4-3-12-24(22)25)17-21-9-5-8-19-7-1-2-11-23(19)21/h1-16,18H,17H2,(H,29,31)/b28-16+. The van der Waals surface area contributed by atoms with Crippen LogP contribution in [0.1, 0.15) is 21.5 Å². The summed E-state index contributed by atoms with van der Waals surface area (Å²) in [5.41, 5.74) is 6.37. The van der Waals surface area contributed by atoms with E-state index in [1.54, 1.807) is 24.5 Å². The molecule has 3 aromatic carbocycles. The second-order valence-corrected chi connectivity index (χ2v) is 7.31. The number of rotatable bonds is 5. The van der Waals surface area contributed by atoms with E-state index in [1.807, 2.05) is 12.1 Å². The van der Waals surface area contributed by atoms with E-state index < -0.39 is 0 Å². The lowest BCUT2D eigenvalue weighted by molar-refractivity contribution is 0.0955. The number of hydrogen-bond acceptors (Lipinski definition) is 3. The molecule has 150 valence electrons. The van der Waals surface area contributed by atoms with E-state index in [4.69, 9.17) is 0 Å². The number of aromatic nitrogens is 2. The molecule has 0 bridgehead atoms. The van der Waals surface area contributed by atoms with Crippen LogP contribution in [0.25, 0.3) is 21.7 Å². The van der Waals surface area contributed by atoms with Gasteiger partial charge in [0, 0.05) is 41.6 Å². The lowest BCUT2D eigenvalue weighted by Gasteiger charge is -2.09. The van der Waals surface area contributed by atoms with Gasteiger partial charge in [0.25, 0.3) is 5.91 Å². The molecule has 0 radical (unpaired) electrons. The van der Waals surface area contributed by atoms with Crippen LogP contribution in [0.15, 0.2) is 103 Å². The van der Waals surface area contributed by atoms with Gasteiger partial charge >= 0.3 is 0 Å². The van der Waals surface area contributed by atoms with Gasteiger partial charge in [0.2, 0.25) is 0 Å². The normalized spacial score (nSPS) is 11.4. The zero-order valence-corrected chi connectivity index (χ0v) is 16.8. The van der Waals surface area contributed by atoms with E-state index in [2.05, 4.69) is 80.9 Å². The summed E-state index contributed by atoms with van der Waals surface area (Å²) < 4.78 is 2.22. The summed E-state index contributed by atoms with van der Waals surface area (Å²) in [6.45, 7) is 0.748. The van der Waals surface area contributed by atoms with Crippen molar-refractivity contribution >= 4 is 33.8 Å². The number of carbonyl (C=O) groups is 1. The fraction of sp³-hybridized carbons (Fsp3) is 0.0385. The number of pyridine rings is 1. The molecule has 0 aliphatic rings. The predicted octanol–water partition coefficient (Wildman–Crippen LogP) is 5.00. The highest BCUT2D eigenvalue weighted by molar-refractivity contribution is 6.00. The Morgan fingerprint density at radius 2 is 1.74 bits per heavy atom. The average Bonchev–Trinajstić information content (AvgIpc) is 3.17. The number of amides is 1. The molecule has 0 aliphatic heterocycles. The second kappa shape index (κ2) is 8.24. The molecule has 31 heavy (non-hydrogen) atoms. The maximum absolute atomic E-state index is 12.2. The summed E-state index contributed by atoms with van der Waals surface area (Å²) in [5.74, 6) is -0.288. The zero-order valence-electron chi connectivity index (χ0n) is 16.8. The van der Waals surface area contributed by atoms with Crippen LogP contribution in [0.2, 0.25) is 0 Å². The molecular weight excluding hydrogens is 384 g/mol. The first kappa shape index (κ1) is 18.8. The molecule has 5 heteroatoms. The molecule has 5 nitrogen and oxygen atoms in total. The molecule has 0 saturated heterocycles. The van der Waals surface area contributed by atoms with Crippen molar-refractivity contribution in [3.63, 3.8) is 0 Å². The maximum Gasteiger partial charge on any atom is 0.272 e. The van der Waals surface area contributed by atoms with Crippen molar-refractivity contribution in [3.8, 4) is 0 Å². The van der Waals surface area contributed by atoms with E-state index in [-0.39, 0.29) is 5.91 Å². The van der Waals surface area contributed by atoms with Crippen molar-refractivity contribution in [2.75, 3.05) is 0 Å². The monoisotopic (exact) mass is 404 g/mol. The smallest absolute Gasteiger partial charge is 0.272 e. The fourth-order valence-corrected chi connectivity index (χ4v) is 3.84.